The Balaban J connectivity index is 1.99. The third-order valence-electron chi connectivity index (χ3n) is 2.69. The molecule has 0 radical (unpaired) electrons. The predicted molar refractivity (Wildman–Crippen MR) is 76.6 cm³/mol. The Morgan fingerprint density at radius 2 is 1.95 bits per heavy atom. The molecule has 0 saturated carbocycles. The van der Waals surface area contributed by atoms with Gasteiger partial charge in [0.2, 0.25) is 0 Å². The number of carbonyl (C=O) groups is 2. The van der Waals surface area contributed by atoms with Crippen LogP contribution in [-0.4, -0.2) is 30.6 Å². The van der Waals surface area contributed by atoms with E-state index in [0.717, 1.165) is 17.0 Å². The number of para-hydroxylation sites is 1. The van der Waals surface area contributed by atoms with Gasteiger partial charge in [-0.15, -0.1) is 11.3 Å². The van der Waals surface area contributed by atoms with Crippen molar-refractivity contribution in [1.82, 2.24) is 0 Å². The van der Waals surface area contributed by atoms with Gasteiger partial charge in [-0.25, -0.2) is 4.79 Å². The van der Waals surface area contributed by atoms with E-state index in [1.165, 1.54) is 4.90 Å². The molecule has 0 atom stereocenters. The Kier molecular flexibility index (Phi) is 4.37. The van der Waals surface area contributed by atoms with Crippen molar-refractivity contribution in [3.05, 3.63) is 46.7 Å². The minimum Gasteiger partial charge on any atom is -0.482 e. The van der Waals surface area contributed by atoms with Gasteiger partial charge in [0.05, 0.1) is 0 Å². The summed E-state index contributed by atoms with van der Waals surface area (Å²) in [5.41, 5.74) is 0.755. The van der Waals surface area contributed by atoms with E-state index < -0.39 is 5.97 Å². The first-order valence-electron chi connectivity index (χ1n) is 5.85. The lowest BCUT2D eigenvalue weighted by Gasteiger charge is -2.17. The fourth-order valence-electron chi connectivity index (χ4n) is 1.60. The van der Waals surface area contributed by atoms with E-state index in [4.69, 9.17) is 9.84 Å². The van der Waals surface area contributed by atoms with Gasteiger partial charge >= 0.3 is 5.97 Å². The topological polar surface area (TPSA) is 66.8 Å². The molecule has 0 spiro atoms. The molecule has 104 valence electrons. The number of hydrogen-bond donors (Lipinski definition) is 1. The van der Waals surface area contributed by atoms with Gasteiger partial charge in [-0.05, 0) is 23.6 Å². The Hall–Kier alpha value is -2.34. The average Bonchev–Trinajstić information content (AvgIpc) is 2.93. The number of thiophene rings is 1. The van der Waals surface area contributed by atoms with Crippen molar-refractivity contribution in [2.45, 2.75) is 0 Å². The molecule has 1 heterocycles. The van der Waals surface area contributed by atoms with Crippen LogP contribution >= 0.6 is 11.3 Å². The molecule has 0 aliphatic heterocycles. The second-order valence-corrected chi connectivity index (χ2v) is 4.91. The third-order valence-corrected chi connectivity index (χ3v) is 3.58. The molecule has 20 heavy (non-hydrogen) atoms. The molecule has 1 aromatic carbocycles. The van der Waals surface area contributed by atoms with Gasteiger partial charge in [0.1, 0.15) is 5.75 Å². The second-order valence-electron chi connectivity index (χ2n) is 4.00. The zero-order valence-corrected chi connectivity index (χ0v) is 11.6. The quantitative estimate of drug-likeness (QED) is 0.919. The summed E-state index contributed by atoms with van der Waals surface area (Å²) in [5, 5.41) is 10.6. The molecule has 2 aromatic rings. The van der Waals surface area contributed by atoms with Gasteiger partial charge in [0.25, 0.3) is 5.91 Å². The maximum absolute atomic E-state index is 12.0. The maximum Gasteiger partial charge on any atom is 0.349 e. The van der Waals surface area contributed by atoms with Gasteiger partial charge in [0, 0.05) is 12.7 Å². The highest BCUT2D eigenvalue weighted by Gasteiger charge is 2.16. The van der Waals surface area contributed by atoms with Gasteiger partial charge < -0.3 is 14.7 Å². The fraction of sp³-hybridized carbons (Fsp3) is 0.143. The summed E-state index contributed by atoms with van der Waals surface area (Å²) >= 11 is 1.06. The number of anilines is 1. The van der Waals surface area contributed by atoms with E-state index in [9.17, 15) is 9.59 Å². The van der Waals surface area contributed by atoms with E-state index in [1.54, 1.807) is 18.5 Å². The first kappa shape index (κ1) is 14.1. The van der Waals surface area contributed by atoms with Crippen molar-refractivity contribution in [3.63, 3.8) is 0 Å². The van der Waals surface area contributed by atoms with Gasteiger partial charge in [-0.2, -0.15) is 0 Å². The molecule has 5 nitrogen and oxygen atoms in total. The number of amides is 1. The zero-order chi connectivity index (χ0) is 14.5. The first-order chi connectivity index (χ1) is 9.59. The minimum absolute atomic E-state index is 0.0974. The van der Waals surface area contributed by atoms with E-state index in [-0.39, 0.29) is 23.1 Å². The molecule has 0 aliphatic carbocycles. The normalized spacial score (nSPS) is 10.1. The van der Waals surface area contributed by atoms with Crippen molar-refractivity contribution in [2.24, 2.45) is 0 Å². The number of benzene rings is 1. The Bertz CT molecular complexity index is 609. The number of likely N-dealkylation sites (N-methyl/N-ethyl adjacent to an activating group) is 1. The van der Waals surface area contributed by atoms with Crippen LogP contribution in [0.25, 0.3) is 0 Å². The smallest absolute Gasteiger partial charge is 0.349 e. The molecule has 1 aromatic heterocycles. The number of carboxylic acids is 1. The van der Waals surface area contributed by atoms with Crippen LogP contribution in [0.4, 0.5) is 5.69 Å². The highest BCUT2D eigenvalue weighted by molar-refractivity contribution is 7.12. The summed E-state index contributed by atoms with van der Waals surface area (Å²) in [6, 6.07) is 10.7. The predicted octanol–water partition coefficient (Wildman–Crippen LogP) is 2.49. The highest BCUT2D eigenvalue weighted by Crippen LogP contribution is 2.24. The van der Waals surface area contributed by atoms with Gasteiger partial charge in [0.15, 0.2) is 11.5 Å². The molecule has 6 heteroatoms. The number of hydrogen-bond acceptors (Lipinski definition) is 4. The molecular weight excluding hydrogens is 278 g/mol. The number of aromatic carboxylic acids is 1. The Labute approximate surface area is 120 Å². The van der Waals surface area contributed by atoms with Gasteiger partial charge in [-0.3, -0.25) is 4.79 Å². The van der Waals surface area contributed by atoms with Crippen LogP contribution in [0.1, 0.15) is 9.67 Å². The summed E-state index contributed by atoms with van der Waals surface area (Å²) in [4.78, 5) is 24.5. The number of ether oxygens (including phenoxy) is 1. The summed E-state index contributed by atoms with van der Waals surface area (Å²) in [6.07, 6.45) is 0. The monoisotopic (exact) mass is 291 g/mol. The van der Waals surface area contributed by atoms with E-state index >= 15 is 0 Å². The zero-order valence-electron chi connectivity index (χ0n) is 10.8. The molecule has 0 aliphatic rings. The van der Waals surface area contributed by atoms with Crippen molar-refractivity contribution in [2.75, 3.05) is 18.6 Å². The van der Waals surface area contributed by atoms with Crippen LogP contribution in [0.2, 0.25) is 0 Å². The van der Waals surface area contributed by atoms with Gasteiger partial charge in [-0.1, -0.05) is 18.2 Å². The number of nitrogens with zero attached hydrogens (tertiary/aromatic N) is 1. The number of carboxylic acid groups (broad SMARTS) is 1. The molecule has 1 amide bonds. The van der Waals surface area contributed by atoms with E-state index in [1.807, 2.05) is 30.3 Å². The number of rotatable bonds is 5. The fourth-order valence-corrected chi connectivity index (χ4v) is 2.27. The summed E-state index contributed by atoms with van der Waals surface area (Å²) in [5.74, 6) is -1.09. The summed E-state index contributed by atoms with van der Waals surface area (Å²) in [7, 11) is 1.65. The lowest BCUT2D eigenvalue weighted by atomic mass is 10.3. The largest absolute Gasteiger partial charge is 0.482 e. The molecule has 1 N–H and O–H groups in total. The standard InChI is InChI=1S/C14H13NO4S/c1-15(10-5-3-2-4-6-10)12(16)9-19-11-7-8-20-13(11)14(17)18/h2-8H,9H2,1H3,(H,17,18). The molecule has 2 rings (SSSR count). The molecule has 0 fully saturated rings. The van der Waals surface area contributed by atoms with Crippen LogP contribution in [0.3, 0.4) is 0 Å². The van der Waals surface area contributed by atoms with Crippen LogP contribution in [0.15, 0.2) is 41.8 Å². The van der Waals surface area contributed by atoms with Crippen LogP contribution in [0, 0.1) is 0 Å². The molecule has 0 saturated heterocycles. The first-order valence-corrected chi connectivity index (χ1v) is 6.72. The van der Waals surface area contributed by atoms with Crippen LogP contribution in [-0.2, 0) is 4.79 Å². The van der Waals surface area contributed by atoms with Crippen LogP contribution < -0.4 is 9.64 Å². The highest BCUT2D eigenvalue weighted by atomic mass is 32.1. The SMILES string of the molecule is CN(C(=O)COc1ccsc1C(=O)O)c1ccccc1. The second kappa shape index (κ2) is 6.21. The molecular formula is C14H13NO4S. The van der Waals surface area contributed by atoms with Crippen LogP contribution in [0.5, 0.6) is 5.75 Å². The maximum atomic E-state index is 12.0. The lowest BCUT2D eigenvalue weighted by molar-refractivity contribution is -0.120. The molecule has 0 bridgehead atoms. The molecule has 0 unspecified atom stereocenters. The summed E-state index contributed by atoms with van der Waals surface area (Å²) in [6.45, 7) is -0.206. The lowest BCUT2D eigenvalue weighted by Crippen LogP contribution is -2.31. The Morgan fingerprint density at radius 3 is 2.60 bits per heavy atom. The van der Waals surface area contributed by atoms with Crippen molar-refractivity contribution >= 4 is 28.9 Å². The third kappa shape index (κ3) is 3.16. The average molecular weight is 291 g/mol. The van der Waals surface area contributed by atoms with Crippen molar-refractivity contribution in [3.8, 4) is 5.75 Å². The van der Waals surface area contributed by atoms with E-state index in [2.05, 4.69) is 0 Å². The van der Waals surface area contributed by atoms with E-state index in [0.29, 0.717) is 0 Å². The van der Waals surface area contributed by atoms with Crippen molar-refractivity contribution < 1.29 is 19.4 Å². The minimum atomic E-state index is -1.06. The Morgan fingerprint density at radius 1 is 1.25 bits per heavy atom. The number of carbonyl (C=O) groups excluding carboxylic acids is 1. The summed E-state index contributed by atoms with van der Waals surface area (Å²) < 4.78 is 5.28. The van der Waals surface area contributed by atoms with Crippen molar-refractivity contribution in [1.29, 1.82) is 0 Å².